The first-order chi connectivity index (χ1) is 11.7. The summed E-state index contributed by atoms with van der Waals surface area (Å²) in [6, 6.07) is 1.13. The molecule has 3 atom stereocenters. The predicted octanol–water partition coefficient (Wildman–Crippen LogP) is 2.76. The topological polar surface area (TPSA) is 48.9 Å². The van der Waals surface area contributed by atoms with E-state index < -0.39 is 0 Å². The maximum atomic E-state index is 6.01. The molecular weight excluding hydrogens is 300 g/mol. The predicted molar refractivity (Wildman–Crippen MR) is 102 cm³/mol. The summed E-state index contributed by atoms with van der Waals surface area (Å²) >= 11 is 0. The summed E-state index contributed by atoms with van der Waals surface area (Å²) in [6.45, 7) is 11.4. The lowest BCUT2D eigenvalue weighted by atomic mass is 10.1. The zero-order valence-corrected chi connectivity index (χ0v) is 16.0. The van der Waals surface area contributed by atoms with E-state index in [0.29, 0.717) is 12.1 Å². The number of ether oxygens (including phenoxy) is 1. The van der Waals surface area contributed by atoms with Gasteiger partial charge >= 0.3 is 0 Å². The Morgan fingerprint density at radius 2 is 2.17 bits per heavy atom. The van der Waals surface area contributed by atoms with Crippen molar-refractivity contribution in [3.63, 3.8) is 0 Å². The van der Waals surface area contributed by atoms with Crippen molar-refractivity contribution in [3.05, 3.63) is 0 Å². The number of guanidine groups is 1. The minimum absolute atomic E-state index is 0.245. The van der Waals surface area contributed by atoms with Crippen LogP contribution < -0.4 is 10.6 Å². The van der Waals surface area contributed by atoms with Crippen molar-refractivity contribution in [2.75, 3.05) is 32.8 Å². The Labute approximate surface area is 148 Å². The van der Waals surface area contributed by atoms with Gasteiger partial charge in [0.2, 0.25) is 0 Å². The van der Waals surface area contributed by atoms with Crippen LogP contribution in [-0.2, 0) is 4.74 Å². The Bertz CT molecular complexity index is 374. The van der Waals surface area contributed by atoms with Gasteiger partial charge in [0.05, 0.1) is 19.3 Å². The van der Waals surface area contributed by atoms with Crippen LogP contribution in [-0.4, -0.2) is 61.8 Å². The summed E-state index contributed by atoms with van der Waals surface area (Å²) in [7, 11) is 0. The third-order valence-corrected chi connectivity index (χ3v) is 5.13. The SMILES string of the molecule is CCCCCCC(C)NC(=NCC1CN2CCCC2CO1)NCC. The smallest absolute Gasteiger partial charge is 0.191 e. The molecular formula is C19H38N4O. The quantitative estimate of drug-likeness (QED) is 0.386. The summed E-state index contributed by atoms with van der Waals surface area (Å²) in [5.41, 5.74) is 0. The number of rotatable bonds is 9. The third-order valence-electron chi connectivity index (χ3n) is 5.13. The highest BCUT2D eigenvalue weighted by atomic mass is 16.5. The average molecular weight is 339 g/mol. The minimum atomic E-state index is 0.245. The summed E-state index contributed by atoms with van der Waals surface area (Å²) < 4.78 is 6.01. The first kappa shape index (κ1) is 19.5. The van der Waals surface area contributed by atoms with Crippen molar-refractivity contribution < 1.29 is 4.74 Å². The first-order valence-corrected chi connectivity index (χ1v) is 10.1. The monoisotopic (exact) mass is 338 g/mol. The van der Waals surface area contributed by atoms with Crippen molar-refractivity contribution in [2.45, 2.75) is 83.9 Å². The minimum Gasteiger partial charge on any atom is -0.373 e. The second-order valence-corrected chi connectivity index (χ2v) is 7.36. The van der Waals surface area contributed by atoms with Crippen molar-refractivity contribution >= 4 is 5.96 Å². The Morgan fingerprint density at radius 3 is 2.96 bits per heavy atom. The number of nitrogens with zero attached hydrogens (tertiary/aromatic N) is 2. The van der Waals surface area contributed by atoms with Crippen LogP contribution >= 0.6 is 0 Å². The van der Waals surface area contributed by atoms with Crippen LogP contribution in [0.4, 0.5) is 0 Å². The van der Waals surface area contributed by atoms with Gasteiger partial charge in [0.1, 0.15) is 0 Å². The van der Waals surface area contributed by atoms with Gasteiger partial charge in [-0.25, -0.2) is 0 Å². The molecule has 0 spiro atoms. The van der Waals surface area contributed by atoms with E-state index in [9.17, 15) is 0 Å². The van der Waals surface area contributed by atoms with Crippen LogP contribution in [0.25, 0.3) is 0 Å². The van der Waals surface area contributed by atoms with Crippen molar-refractivity contribution in [3.8, 4) is 0 Å². The molecule has 0 aromatic heterocycles. The van der Waals surface area contributed by atoms with Crippen molar-refractivity contribution in [1.82, 2.24) is 15.5 Å². The Balaban J connectivity index is 1.73. The molecule has 0 bridgehead atoms. The Kier molecular flexibility index (Phi) is 8.89. The Morgan fingerprint density at radius 1 is 1.29 bits per heavy atom. The molecule has 0 aromatic rings. The molecule has 0 radical (unpaired) electrons. The standard InChI is InChI=1S/C19H38N4O/c1-4-6-7-8-10-16(3)22-19(20-5-2)21-13-18-14-23-12-9-11-17(23)15-24-18/h16-18H,4-15H2,1-3H3,(H2,20,21,22). The molecule has 0 amide bonds. The summed E-state index contributed by atoms with van der Waals surface area (Å²) in [5.74, 6) is 0.938. The van der Waals surface area contributed by atoms with Gasteiger partial charge in [0.15, 0.2) is 5.96 Å². The van der Waals surface area contributed by atoms with Gasteiger partial charge in [-0.05, 0) is 39.7 Å². The fraction of sp³-hybridized carbons (Fsp3) is 0.947. The molecule has 3 unspecified atom stereocenters. The normalized spacial score (nSPS) is 26.2. The van der Waals surface area contributed by atoms with Crippen molar-refractivity contribution in [1.29, 1.82) is 0 Å². The van der Waals surface area contributed by atoms with Crippen LogP contribution in [0, 0.1) is 0 Å². The van der Waals surface area contributed by atoms with E-state index in [1.165, 1.54) is 51.5 Å². The van der Waals surface area contributed by atoms with Crippen LogP contribution in [0.15, 0.2) is 4.99 Å². The van der Waals surface area contributed by atoms with Crippen LogP contribution in [0.5, 0.6) is 0 Å². The number of hydrogen-bond donors (Lipinski definition) is 2. The number of fused-ring (bicyclic) bond motifs is 1. The van der Waals surface area contributed by atoms with Gasteiger partial charge in [0, 0.05) is 25.2 Å². The number of nitrogens with one attached hydrogen (secondary N) is 2. The molecule has 24 heavy (non-hydrogen) atoms. The van der Waals surface area contributed by atoms with Crippen LogP contribution in [0.2, 0.25) is 0 Å². The molecule has 2 N–H and O–H groups in total. The van der Waals surface area contributed by atoms with Gasteiger partial charge in [-0.1, -0.05) is 32.6 Å². The van der Waals surface area contributed by atoms with E-state index in [1.54, 1.807) is 0 Å². The second kappa shape index (κ2) is 10.9. The van der Waals surface area contributed by atoms with Gasteiger partial charge < -0.3 is 15.4 Å². The lowest BCUT2D eigenvalue weighted by Crippen LogP contribution is -2.48. The molecule has 140 valence electrons. The van der Waals surface area contributed by atoms with E-state index in [2.05, 4.69) is 36.3 Å². The van der Waals surface area contributed by atoms with Gasteiger partial charge in [-0.2, -0.15) is 0 Å². The lowest BCUT2D eigenvalue weighted by molar-refractivity contribution is -0.0432. The molecule has 2 saturated heterocycles. The largest absolute Gasteiger partial charge is 0.373 e. The summed E-state index contributed by atoms with van der Waals surface area (Å²) in [5, 5.41) is 6.92. The number of aliphatic imine (C=N–C) groups is 1. The van der Waals surface area contributed by atoms with E-state index in [1.807, 2.05) is 0 Å². The molecule has 5 nitrogen and oxygen atoms in total. The highest BCUT2D eigenvalue weighted by molar-refractivity contribution is 5.80. The zero-order valence-electron chi connectivity index (χ0n) is 16.0. The van der Waals surface area contributed by atoms with E-state index in [-0.39, 0.29) is 6.10 Å². The maximum absolute atomic E-state index is 6.01. The molecule has 2 aliphatic rings. The molecule has 2 aliphatic heterocycles. The van der Waals surface area contributed by atoms with Gasteiger partial charge in [0.25, 0.3) is 0 Å². The number of morpholine rings is 1. The highest BCUT2D eigenvalue weighted by Crippen LogP contribution is 2.22. The molecule has 0 saturated carbocycles. The fourth-order valence-corrected chi connectivity index (χ4v) is 3.69. The van der Waals surface area contributed by atoms with E-state index in [0.717, 1.165) is 32.2 Å². The molecule has 2 rings (SSSR count). The number of unbranched alkanes of at least 4 members (excludes halogenated alkanes) is 3. The van der Waals surface area contributed by atoms with Crippen LogP contribution in [0.3, 0.4) is 0 Å². The van der Waals surface area contributed by atoms with Crippen molar-refractivity contribution in [2.24, 2.45) is 4.99 Å². The fourth-order valence-electron chi connectivity index (χ4n) is 3.69. The lowest BCUT2D eigenvalue weighted by Gasteiger charge is -2.34. The average Bonchev–Trinajstić information content (AvgIpc) is 3.04. The molecule has 2 heterocycles. The van der Waals surface area contributed by atoms with Crippen LogP contribution in [0.1, 0.15) is 65.7 Å². The second-order valence-electron chi connectivity index (χ2n) is 7.36. The van der Waals surface area contributed by atoms with Gasteiger partial charge in [-0.3, -0.25) is 9.89 Å². The maximum Gasteiger partial charge on any atom is 0.191 e. The van der Waals surface area contributed by atoms with E-state index in [4.69, 9.17) is 9.73 Å². The zero-order chi connectivity index (χ0) is 17.2. The molecule has 0 aromatic carbocycles. The summed E-state index contributed by atoms with van der Waals surface area (Å²) in [4.78, 5) is 7.36. The molecule has 5 heteroatoms. The summed E-state index contributed by atoms with van der Waals surface area (Å²) in [6.07, 6.45) is 9.35. The third kappa shape index (κ3) is 6.60. The number of hydrogen-bond acceptors (Lipinski definition) is 3. The van der Waals surface area contributed by atoms with Gasteiger partial charge in [-0.15, -0.1) is 0 Å². The first-order valence-electron chi connectivity index (χ1n) is 10.1. The molecule has 0 aliphatic carbocycles. The Hall–Kier alpha value is -0.810. The van der Waals surface area contributed by atoms with E-state index >= 15 is 0 Å². The highest BCUT2D eigenvalue weighted by Gasteiger charge is 2.31. The molecule has 2 fully saturated rings.